The SMILES string of the molecule is Cc1cc2c3c(c1)N(c1ccc(C(C)(C)C)cc1-c1ccccc1)c1ccc(C(C)(C)C)cc1B3c1ccc(N3c4ccc(C(C)(C)C)cc4C4(C)C(C)(C)CCC(C)(C)C34C)cc1N2c1ccc(C(C)(C)C)cc1. The average molecular weight is 990 g/mol. The van der Waals surface area contributed by atoms with Crippen molar-refractivity contribution >= 4 is 68.6 Å². The van der Waals surface area contributed by atoms with E-state index in [1.165, 1.54) is 113 Å². The zero-order valence-electron chi connectivity index (χ0n) is 49.1. The molecule has 75 heavy (non-hydrogen) atoms. The average Bonchev–Trinajstić information content (AvgIpc) is 3.74. The summed E-state index contributed by atoms with van der Waals surface area (Å²) in [6, 6.07) is 55.4. The van der Waals surface area contributed by atoms with Crippen molar-refractivity contribution in [2.24, 2.45) is 10.8 Å². The number of nitrogens with zero attached hydrogens (tertiary/aromatic N) is 3. The topological polar surface area (TPSA) is 9.72 Å². The van der Waals surface area contributed by atoms with Crippen molar-refractivity contribution in [2.45, 2.75) is 177 Å². The highest BCUT2D eigenvalue weighted by molar-refractivity contribution is 7.00. The summed E-state index contributed by atoms with van der Waals surface area (Å²) < 4.78 is 0. The van der Waals surface area contributed by atoms with E-state index in [9.17, 15) is 0 Å². The molecule has 0 saturated heterocycles. The van der Waals surface area contributed by atoms with Crippen molar-refractivity contribution in [3.8, 4) is 11.1 Å². The van der Waals surface area contributed by atoms with Crippen LogP contribution in [-0.2, 0) is 27.1 Å². The van der Waals surface area contributed by atoms with E-state index >= 15 is 0 Å². The number of rotatable bonds is 4. The van der Waals surface area contributed by atoms with Crippen molar-refractivity contribution in [1.29, 1.82) is 0 Å². The van der Waals surface area contributed by atoms with Gasteiger partial charge >= 0.3 is 0 Å². The minimum atomic E-state index is -0.247. The monoisotopic (exact) mass is 990 g/mol. The molecule has 386 valence electrons. The molecule has 3 nitrogen and oxygen atoms in total. The van der Waals surface area contributed by atoms with Crippen molar-refractivity contribution < 1.29 is 0 Å². The number of benzene rings is 7. The summed E-state index contributed by atoms with van der Waals surface area (Å²) in [5.74, 6) is 0. The molecule has 0 N–H and O–H groups in total. The van der Waals surface area contributed by atoms with Crippen LogP contribution in [0, 0.1) is 17.8 Å². The Labute approximate surface area is 452 Å². The van der Waals surface area contributed by atoms with Crippen LogP contribution in [0.3, 0.4) is 0 Å². The van der Waals surface area contributed by atoms with Crippen LogP contribution in [0.5, 0.6) is 0 Å². The molecule has 0 radical (unpaired) electrons. The summed E-state index contributed by atoms with van der Waals surface area (Å²) in [7, 11) is 0. The van der Waals surface area contributed by atoms with E-state index in [1.807, 2.05) is 0 Å². The van der Waals surface area contributed by atoms with Gasteiger partial charge in [0.15, 0.2) is 0 Å². The molecular weight excluding hydrogens is 906 g/mol. The summed E-state index contributed by atoms with van der Waals surface area (Å²) in [4.78, 5) is 8.09. The van der Waals surface area contributed by atoms with Gasteiger partial charge in [0.2, 0.25) is 0 Å². The number of hydrogen-bond acceptors (Lipinski definition) is 3. The first-order chi connectivity index (χ1) is 34.9. The van der Waals surface area contributed by atoms with Crippen LogP contribution in [0.4, 0.5) is 45.5 Å². The van der Waals surface area contributed by atoms with Crippen molar-refractivity contribution in [1.82, 2.24) is 0 Å². The van der Waals surface area contributed by atoms with Gasteiger partial charge in [-0.15, -0.1) is 0 Å². The molecule has 2 atom stereocenters. The molecule has 3 heterocycles. The van der Waals surface area contributed by atoms with Crippen molar-refractivity contribution in [2.75, 3.05) is 14.7 Å². The number of hydrogen-bond donors (Lipinski definition) is 0. The van der Waals surface area contributed by atoms with Gasteiger partial charge in [-0.25, -0.2) is 0 Å². The smallest absolute Gasteiger partial charge is 0.252 e. The third-order valence-electron chi connectivity index (χ3n) is 19.6. The fourth-order valence-electron chi connectivity index (χ4n) is 14.3. The van der Waals surface area contributed by atoms with Crippen LogP contribution < -0.4 is 31.1 Å². The third-order valence-corrected chi connectivity index (χ3v) is 19.6. The Morgan fingerprint density at radius 3 is 1.52 bits per heavy atom. The molecule has 7 aromatic carbocycles. The fourth-order valence-corrected chi connectivity index (χ4v) is 14.3. The highest BCUT2D eigenvalue weighted by Gasteiger charge is 2.70. The van der Waals surface area contributed by atoms with E-state index in [0.29, 0.717) is 0 Å². The molecule has 1 fully saturated rings. The Kier molecular flexibility index (Phi) is 11.3. The number of fused-ring (bicyclic) bond motifs is 7. The zero-order chi connectivity index (χ0) is 54.0. The van der Waals surface area contributed by atoms with Gasteiger partial charge in [-0.2, -0.15) is 0 Å². The highest BCUT2D eigenvalue weighted by atomic mass is 15.3. The van der Waals surface area contributed by atoms with Gasteiger partial charge in [0.05, 0.1) is 11.2 Å². The lowest BCUT2D eigenvalue weighted by atomic mass is 9.33. The lowest BCUT2D eigenvalue weighted by molar-refractivity contribution is -0.0415. The van der Waals surface area contributed by atoms with Gasteiger partial charge in [-0.1, -0.05) is 197 Å². The molecule has 7 aromatic rings. The molecule has 0 aromatic heterocycles. The Bertz CT molecular complexity index is 3420. The molecule has 1 aliphatic carbocycles. The van der Waals surface area contributed by atoms with Crippen LogP contribution in [0.25, 0.3) is 11.1 Å². The predicted molar refractivity (Wildman–Crippen MR) is 327 cm³/mol. The van der Waals surface area contributed by atoms with Gasteiger partial charge in [-0.3, -0.25) is 0 Å². The lowest BCUT2D eigenvalue weighted by Gasteiger charge is -2.65. The first-order valence-corrected chi connectivity index (χ1v) is 28.2. The molecule has 2 unspecified atom stereocenters. The van der Waals surface area contributed by atoms with E-state index in [1.54, 1.807) is 0 Å². The molecule has 0 spiro atoms. The molecule has 4 aliphatic rings. The summed E-state index contributed by atoms with van der Waals surface area (Å²) >= 11 is 0. The second kappa shape index (κ2) is 16.5. The minimum Gasteiger partial charge on any atom is -0.334 e. The first kappa shape index (κ1) is 51.1. The van der Waals surface area contributed by atoms with E-state index in [4.69, 9.17) is 0 Å². The lowest BCUT2D eigenvalue weighted by Crippen LogP contribution is -2.69. The Morgan fingerprint density at radius 2 is 0.920 bits per heavy atom. The maximum atomic E-state index is 2.83. The first-order valence-electron chi connectivity index (χ1n) is 28.2. The Balaban J connectivity index is 1.22. The molecule has 0 amide bonds. The van der Waals surface area contributed by atoms with E-state index in [2.05, 4.69) is 286 Å². The predicted octanol–water partition coefficient (Wildman–Crippen LogP) is 17.9. The van der Waals surface area contributed by atoms with Gasteiger partial charge in [-0.05, 0) is 175 Å². The fraction of sp³-hybridized carbons (Fsp3) is 0.408. The van der Waals surface area contributed by atoms with Gasteiger partial charge in [0, 0.05) is 50.8 Å². The quantitative estimate of drug-likeness (QED) is 0.163. The maximum Gasteiger partial charge on any atom is 0.252 e. The normalized spacial score (nSPS) is 20.6. The van der Waals surface area contributed by atoms with Crippen LogP contribution in [-0.4, -0.2) is 12.3 Å². The van der Waals surface area contributed by atoms with E-state index < -0.39 is 0 Å². The van der Waals surface area contributed by atoms with Crippen LogP contribution in [0.1, 0.15) is 171 Å². The largest absolute Gasteiger partial charge is 0.334 e. The highest BCUT2D eigenvalue weighted by Crippen LogP contribution is 2.71. The molecule has 4 heteroatoms. The summed E-state index contributed by atoms with van der Waals surface area (Å²) in [5, 5.41) is 0. The Hall–Kier alpha value is -6.00. The van der Waals surface area contributed by atoms with E-state index in [0.717, 1.165) is 6.42 Å². The van der Waals surface area contributed by atoms with E-state index in [-0.39, 0.29) is 50.2 Å². The second-order valence-corrected chi connectivity index (χ2v) is 29.0. The van der Waals surface area contributed by atoms with Crippen LogP contribution in [0.15, 0.2) is 140 Å². The molecule has 3 aliphatic heterocycles. The summed E-state index contributed by atoms with van der Waals surface area (Å²) in [5.41, 5.74) is 24.3. The Morgan fingerprint density at radius 1 is 0.413 bits per heavy atom. The van der Waals surface area contributed by atoms with Gasteiger partial charge in [0.25, 0.3) is 6.71 Å². The third kappa shape index (κ3) is 7.56. The van der Waals surface area contributed by atoms with Crippen LogP contribution >= 0.6 is 0 Å². The molecule has 11 rings (SSSR count). The second-order valence-electron chi connectivity index (χ2n) is 29.0. The van der Waals surface area contributed by atoms with Gasteiger partial charge < -0.3 is 14.7 Å². The summed E-state index contributed by atoms with van der Waals surface area (Å²) in [6.07, 6.45) is 2.34. The standard InChI is InChI=1S/C71H84BN3/c1-45-39-61-63-62(40-45)74(57-34-27-48(65(5,6)7)41-53(57)46-23-21-20-22-24-46)59-36-29-50(67(11,12)13)43-56(59)72(63)55-33-32-52(44-60(55)73(61)51-30-25-47(26-31-51)64(2,3)4)75-58-35-28-49(66(8,9)10)42-54(58)70(18)68(14,15)37-38-69(16,17)71(70,75)19/h20-36,39-44H,37-38H2,1-19H3. The van der Waals surface area contributed by atoms with Crippen molar-refractivity contribution in [3.63, 3.8) is 0 Å². The summed E-state index contributed by atoms with van der Waals surface area (Å²) in [6.45, 7) is 45.9. The molecular formula is C71H84BN3. The molecule has 1 saturated carbocycles. The zero-order valence-corrected chi connectivity index (χ0v) is 49.1. The number of anilines is 8. The van der Waals surface area contributed by atoms with Crippen LogP contribution in [0.2, 0.25) is 0 Å². The maximum absolute atomic E-state index is 2.83. The number of aryl methyl sites for hydroxylation is 1. The van der Waals surface area contributed by atoms with Crippen molar-refractivity contribution in [3.05, 3.63) is 173 Å². The van der Waals surface area contributed by atoms with Gasteiger partial charge in [0.1, 0.15) is 0 Å². The minimum absolute atomic E-state index is 0.00596. The molecule has 0 bridgehead atoms.